The van der Waals surface area contributed by atoms with Gasteiger partial charge in [-0.25, -0.2) is 13.4 Å². The van der Waals surface area contributed by atoms with Crippen LogP contribution >= 0.6 is 0 Å². The highest BCUT2D eigenvalue weighted by atomic mass is 32.2. The number of nitrogens with zero attached hydrogens (tertiary/aromatic N) is 3. The summed E-state index contributed by atoms with van der Waals surface area (Å²) in [4.78, 5) is 17.1. The number of piperidine rings is 1. The maximum absolute atomic E-state index is 12.8. The lowest BCUT2D eigenvalue weighted by atomic mass is 10.1. The summed E-state index contributed by atoms with van der Waals surface area (Å²) in [5, 5.41) is 3.00. The number of hydrogen-bond donors (Lipinski definition) is 1. The van der Waals surface area contributed by atoms with Crippen LogP contribution in [0.2, 0.25) is 0 Å². The molecular formula is C25H30N4O3S. The number of imidazole rings is 1. The lowest BCUT2D eigenvalue weighted by Gasteiger charge is -2.25. The van der Waals surface area contributed by atoms with Crippen LogP contribution in [0.1, 0.15) is 48.7 Å². The van der Waals surface area contributed by atoms with Crippen LogP contribution in [0.15, 0.2) is 72.0 Å². The van der Waals surface area contributed by atoms with Crippen molar-refractivity contribution in [3.8, 4) is 5.69 Å². The maximum atomic E-state index is 12.8. The second-order valence-electron chi connectivity index (χ2n) is 8.52. The zero-order chi connectivity index (χ0) is 23.3. The average Bonchev–Trinajstić information content (AvgIpc) is 3.35. The number of aromatic nitrogens is 2. The van der Waals surface area contributed by atoms with Gasteiger partial charge < -0.3 is 9.88 Å². The second-order valence-corrected chi connectivity index (χ2v) is 10.5. The number of sulfonamides is 1. The molecular weight excluding hydrogens is 436 g/mol. The third-order valence-corrected chi connectivity index (χ3v) is 7.90. The molecule has 3 aromatic rings. The van der Waals surface area contributed by atoms with Crippen LogP contribution in [0.5, 0.6) is 0 Å². The minimum Gasteiger partial charge on any atom is -0.348 e. The Morgan fingerprint density at radius 1 is 1.03 bits per heavy atom. The van der Waals surface area contributed by atoms with Gasteiger partial charge in [-0.2, -0.15) is 4.31 Å². The van der Waals surface area contributed by atoms with Crippen LogP contribution in [0.3, 0.4) is 0 Å². The molecule has 1 aliphatic rings. The summed E-state index contributed by atoms with van der Waals surface area (Å²) in [7, 11) is -3.46. The number of carbonyl (C=O) groups excluding carboxylic acids is 1. The lowest BCUT2D eigenvalue weighted by Crippen LogP contribution is -2.35. The van der Waals surface area contributed by atoms with Crippen molar-refractivity contribution in [3.05, 3.63) is 78.4 Å². The molecule has 1 aromatic heterocycles. The first-order valence-electron chi connectivity index (χ1n) is 11.4. The van der Waals surface area contributed by atoms with E-state index in [-0.39, 0.29) is 11.9 Å². The Morgan fingerprint density at radius 3 is 2.42 bits per heavy atom. The molecule has 1 atom stereocenters. The molecule has 8 heteroatoms. The molecule has 0 aliphatic carbocycles. The van der Waals surface area contributed by atoms with E-state index < -0.39 is 10.0 Å². The van der Waals surface area contributed by atoms with Crippen molar-refractivity contribution in [2.75, 3.05) is 13.1 Å². The van der Waals surface area contributed by atoms with E-state index in [1.807, 2.05) is 25.1 Å². The van der Waals surface area contributed by atoms with E-state index in [2.05, 4.69) is 22.4 Å². The normalized spacial score (nSPS) is 15.8. The van der Waals surface area contributed by atoms with Crippen molar-refractivity contribution in [2.24, 2.45) is 0 Å². The SMILES string of the molecule is C[C@H](CCc1ccccc1)NC(=O)c1cn(-c2ccc(S(=O)(=O)N3CCCCC3)cc2)cn1. The Morgan fingerprint density at radius 2 is 1.73 bits per heavy atom. The van der Waals surface area contributed by atoms with Gasteiger partial charge in [0.1, 0.15) is 12.0 Å². The molecule has 0 spiro atoms. The maximum Gasteiger partial charge on any atom is 0.271 e. The molecule has 0 unspecified atom stereocenters. The molecule has 0 radical (unpaired) electrons. The Balaban J connectivity index is 1.37. The number of nitrogens with one attached hydrogen (secondary N) is 1. The predicted octanol–water partition coefficient (Wildman–Crippen LogP) is 3.80. The standard InChI is InChI=1S/C25H30N4O3S/c1-20(10-11-21-8-4-2-5-9-21)27-25(30)24-18-28(19-26-24)22-12-14-23(15-13-22)33(31,32)29-16-6-3-7-17-29/h2,4-5,8-9,12-15,18-20H,3,6-7,10-11,16-17H2,1H3,(H,27,30)/t20-/m1/s1. The summed E-state index contributed by atoms with van der Waals surface area (Å²) in [5.74, 6) is -0.224. The third-order valence-electron chi connectivity index (χ3n) is 5.99. The molecule has 4 rings (SSSR count). The molecule has 1 N–H and O–H groups in total. The highest BCUT2D eigenvalue weighted by Gasteiger charge is 2.25. The Labute approximate surface area is 195 Å². The van der Waals surface area contributed by atoms with Crippen LogP contribution in [0.25, 0.3) is 5.69 Å². The van der Waals surface area contributed by atoms with Gasteiger partial charge in [0.25, 0.3) is 5.91 Å². The van der Waals surface area contributed by atoms with Crippen LogP contribution in [0.4, 0.5) is 0 Å². The molecule has 1 saturated heterocycles. The van der Waals surface area contributed by atoms with Gasteiger partial charge in [0, 0.05) is 31.0 Å². The van der Waals surface area contributed by atoms with E-state index >= 15 is 0 Å². The minimum atomic E-state index is -3.46. The number of carbonyl (C=O) groups is 1. The molecule has 1 fully saturated rings. The predicted molar refractivity (Wildman–Crippen MR) is 128 cm³/mol. The Bertz CT molecular complexity index is 1170. The summed E-state index contributed by atoms with van der Waals surface area (Å²) in [6.07, 6.45) is 7.84. The van der Waals surface area contributed by atoms with Crippen molar-refractivity contribution >= 4 is 15.9 Å². The molecule has 174 valence electrons. The molecule has 2 aromatic carbocycles. The summed E-state index contributed by atoms with van der Waals surface area (Å²) >= 11 is 0. The third kappa shape index (κ3) is 5.69. The lowest BCUT2D eigenvalue weighted by molar-refractivity contribution is 0.0934. The number of aryl methyl sites for hydroxylation is 1. The summed E-state index contributed by atoms with van der Waals surface area (Å²) < 4.78 is 28.9. The smallest absolute Gasteiger partial charge is 0.271 e. The first kappa shape index (κ1) is 23.2. The van der Waals surface area contributed by atoms with Crippen LogP contribution < -0.4 is 5.32 Å². The molecule has 0 saturated carbocycles. The summed E-state index contributed by atoms with van der Waals surface area (Å²) in [5.41, 5.74) is 2.32. The summed E-state index contributed by atoms with van der Waals surface area (Å²) in [6.45, 7) is 3.14. The first-order chi connectivity index (χ1) is 15.9. The van der Waals surface area contributed by atoms with Crippen molar-refractivity contribution < 1.29 is 13.2 Å². The van der Waals surface area contributed by atoms with Crippen LogP contribution in [-0.4, -0.2) is 47.3 Å². The fourth-order valence-electron chi connectivity index (χ4n) is 4.02. The van der Waals surface area contributed by atoms with E-state index in [4.69, 9.17) is 0 Å². The van der Waals surface area contributed by atoms with Crippen molar-refractivity contribution in [1.82, 2.24) is 19.2 Å². The molecule has 0 bridgehead atoms. The molecule has 33 heavy (non-hydrogen) atoms. The quantitative estimate of drug-likeness (QED) is 0.547. The van der Waals surface area contributed by atoms with E-state index in [0.717, 1.165) is 37.8 Å². The fraction of sp³-hybridized carbons (Fsp3) is 0.360. The monoisotopic (exact) mass is 466 g/mol. The number of benzene rings is 2. The molecule has 7 nitrogen and oxygen atoms in total. The van der Waals surface area contributed by atoms with Gasteiger partial charge in [-0.3, -0.25) is 4.79 Å². The number of amides is 1. The largest absolute Gasteiger partial charge is 0.348 e. The second kappa shape index (κ2) is 10.3. The van der Waals surface area contributed by atoms with E-state index in [1.165, 1.54) is 5.56 Å². The van der Waals surface area contributed by atoms with Gasteiger partial charge in [0.05, 0.1) is 4.90 Å². The zero-order valence-electron chi connectivity index (χ0n) is 18.9. The molecule has 1 amide bonds. The van der Waals surface area contributed by atoms with E-state index in [9.17, 15) is 13.2 Å². The van der Waals surface area contributed by atoms with Gasteiger partial charge in [0.2, 0.25) is 10.0 Å². The Kier molecular flexibility index (Phi) is 7.25. The van der Waals surface area contributed by atoms with Crippen molar-refractivity contribution in [3.63, 3.8) is 0 Å². The minimum absolute atomic E-state index is 0.0159. The number of rotatable bonds is 8. The number of hydrogen-bond acceptors (Lipinski definition) is 4. The van der Waals surface area contributed by atoms with Crippen LogP contribution in [0, 0.1) is 0 Å². The molecule has 2 heterocycles. The van der Waals surface area contributed by atoms with Gasteiger partial charge in [0.15, 0.2) is 0 Å². The molecule has 1 aliphatic heterocycles. The van der Waals surface area contributed by atoms with Crippen molar-refractivity contribution in [2.45, 2.75) is 50.0 Å². The van der Waals surface area contributed by atoms with Gasteiger partial charge in [-0.05, 0) is 62.4 Å². The van der Waals surface area contributed by atoms with E-state index in [1.54, 1.807) is 45.7 Å². The highest BCUT2D eigenvalue weighted by molar-refractivity contribution is 7.89. The summed E-state index contributed by atoms with van der Waals surface area (Å²) in [6, 6.07) is 16.9. The van der Waals surface area contributed by atoms with Gasteiger partial charge in [-0.15, -0.1) is 0 Å². The highest BCUT2D eigenvalue weighted by Crippen LogP contribution is 2.22. The van der Waals surface area contributed by atoms with Gasteiger partial charge >= 0.3 is 0 Å². The average molecular weight is 467 g/mol. The van der Waals surface area contributed by atoms with Gasteiger partial charge in [-0.1, -0.05) is 36.8 Å². The van der Waals surface area contributed by atoms with Crippen LogP contribution in [-0.2, 0) is 16.4 Å². The Hall–Kier alpha value is -2.97. The topological polar surface area (TPSA) is 84.3 Å². The fourth-order valence-corrected chi connectivity index (χ4v) is 5.54. The van der Waals surface area contributed by atoms with E-state index in [0.29, 0.717) is 23.7 Å². The van der Waals surface area contributed by atoms with Crippen molar-refractivity contribution in [1.29, 1.82) is 0 Å². The zero-order valence-corrected chi connectivity index (χ0v) is 19.7. The first-order valence-corrected chi connectivity index (χ1v) is 12.9.